The summed E-state index contributed by atoms with van der Waals surface area (Å²) in [6.45, 7) is 0. The van der Waals surface area contributed by atoms with Crippen molar-refractivity contribution in [1.29, 1.82) is 0 Å². The largest absolute Gasteiger partial charge is 0.503 e. The molecule has 9 heteroatoms. The van der Waals surface area contributed by atoms with Crippen molar-refractivity contribution in [2.24, 2.45) is 5.10 Å². The molecule has 0 fully saturated rings. The number of phenols is 1. The van der Waals surface area contributed by atoms with Gasteiger partial charge in [0.2, 0.25) is 4.77 Å². The molecule has 1 heterocycles. The number of hydrogen-bond acceptors (Lipinski definition) is 5. The molecular weight excluding hydrogens is 472 g/mol. The number of ether oxygens (including phenoxy) is 1. The van der Waals surface area contributed by atoms with Gasteiger partial charge in [-0.2, -0.15) is 14.9 Å². The Kier molecular flexibility index (Phi) is 5.36. The number of methoxy groups -OCH3 is 1. The lowest BCUT2D eigenvalue weighted by Gasteiger charge is -2.06. The molecule has 2 N–H and O–H groups in total. The summed E-state index contributed by atoms with van der Waals surface area (Å²) in [5.74, 6) is 0.963. The van der Waals surface area contributed by atoms with Crippen LogP contribution in [0.25, 0.3) is 11.4 Å². The van der Waals surface area contributed by atoms with Gasteiger partial charge in [-0.3, -0.25) is 0 Å². The molecule has 1 aromatic heterocycles. The monoisotopic (exact) mass is 482 g/mol. The number of rotatable bonds is 4. The number of aromatic hydroxyl groups is 1. The highest BCUT2D eigenvalue weighted by Crippen LogP contribution is 2.34. The van der Waals surface area contributed by atoms with Gasteiger partial charge in [0.05, 0.1) is 17.8 Å². The molecule has 3 aromatic rings. The Balaban J connectivity index is 2.04. The quantitative estimate of drug-likeness (QED) is 0.415. The predicted molar refractivity (Wildman–Crippen MR) is 106 cm³/mol. The predicted octanol–water partition coefficient (Wildman–Crippen LogP) is 4.73. The van der Waals surface area contributed by atoms with Crippen LogP contribution < -0.4 is 4.74 Å². The van der Waals surface area contributed by atoms with E-state index < -0.39 is 0 Å². The SMILES string of the molecule is COc1cc(C=Nn2c(-c3ccccc3Br)n[nH]c2=S)cc(Br)c1O. The second kappa shape index (κ2) is 7.51. The smallest absolute Gasteiger partial charge is 0.216 e. The lowest BCUT2D eigenvalue weighted by Crippen LogP contribution is -1.96. The van der Waals surface area contributed by atoms with Crippen LogP contribution in [0.2, 0.25) is 0 Å². The number of hydrogen-bond donors (Lipinski definition) is 2. The fourth-order valence-corrected chi connectivity index (χ4v) is 3.27. The number of nitrogens with one attached hydrogen (secondary N) is 1. The first-order chi connectivity index (χ1) is 12.0. The van der Waals surface area contributed by atoms with E-state index in [-0.39, 0.29) is 5.75 Å². The van der Waals surface area contributed by atoms with Gasteiger partial charge < -0.3 is 9.84 Å². The Hall–Kier alpha value is -1.97. The number of halogens is 2. The van der Waals surface area contributed by atoms with Gasteiger partial charge in [-0.1, -0.05) is 28.1 Å². The molecule has 0 radical (unpaired) electrons. The molecule has 0 atom stereocenters. The maximum atomic E-state index is 9.88. The van der Waals surface area contributed by atoms with Gasteiger partial charge in [0.1, 0.15) is 0 Å². The zero-order valence-electron chi connectivity index (χ0n) is 12.9. The van der Waals surface area contributed by atoms with E-state index >= 15 is 0 Å². The molecular formula is C16H12Br2N4O2S. The molecule has 0 saturated heterocycles. The minimum atomic E-state index is 0.0356. The molecule has 2 aromatic carbocycles. The molecule has 0 aliphatic carbocycles. The van der Waals surface area contributed by atoms with E-state index in [2.05, 4.69) is 47.2 Å². The number of benzene rings is 2. The van der Waals surface area contributed by atoms with E-state index in [1.165, 1.54) is 11.8 Å². The third-order valence-electron chi connectivity index (χ3n) is 3.36. The number of nitrogens with zero attached hydrogens (tertiary/aromatic N) is 3. The molecule has 0 spiro atoms. The first kappa shape index (κ1) is 17.8. The average molecular weight is 484 g/mol. The average Bonchev–Trinajstić information content (AvgIpc) is 2.96. The van der Waals surface area contributed by atoms with Crippen molar-refractivity contribution in [3.05, 3.63) is 55.7 Å². The lowest BCUT2D eigenvalue weighted by atomic mass is 10.2. The fraction of sp³-hybridized carbons (Fsp3) is 0.0625. The van der Waals surface area contributed by atoms with E-state index in [4.69, 9.17) is 17.0 Å². The minimum absolute atomic E-state index is 0.0356. The number of H-pyrrole nitrogens is 1. The molecule has 6 nitrogen and oxygen atoms in total. The van der Waals surface area contributed by atoms with Gasteiger partial charge in [0.15, 0.2) is 17.3 Å². The van der Waals surface area contributed by atoms with Crippen molar-refractivity contribution in [2.75, 3.05) is 7.11 Å². The molecule has 0 bridgehead atoms. The Morgan fingerprint density at radius 3 is 2.76 bits per heavy atom. The van der Waals surface area contributed by atoms with Crippen LogP contribution in [0.1, 0.15) is 5.56 Å². The summed E-state index contributed by atoms with van der Waals surface area (Å²) in [5.41, 5.74) is 1.58. The van der Waals surface area contributed by atoms with Crippen LogP contribution in [0, 0.1) is 4.77 Å². The summed E-state index contributed by atoms with van der Waals surface area (Å²) in [5, 5.41) is 21.3. The van der Waals surface area contributed by atoms with Gasteiger partial charge in [-0.15, -0.1) is 0 Å². The minimum Gasteiger partial charge on any atom is -0.503 e. The molecule has 0 saturated carbocycles. The lowest BCUT2D eigenvalue weighted by molar-refractivity contribution is 0.372. The molecule has 0 amide bonds. The number of aromatic amines is 1. The van der Waals surface area contributed by atoms with E-state index in [0.29, 0.717) is 20.8 Å². The topological polar surface area (TPSA) is 75.4 Å². The molecule has 0 aliphatic heterocycles. The van der Waals surface area contributed by atoms with Crippen molar-refractivity contribution in [3.63, 3.8) is 0 Å². The van der Waals surface area contributed by atoms with Crippen LogP contribution in [0.5, 0.6) is 11.5 Å². The summed E-state index contributed by atoms with van der Waals surface area (Å²) < 4.78 is 8.43. The second-order valence-electron chi connectivity index (χ2n) is 4.94. The van der Waals surface area contributed by atoms with E-state index in [9.17, 15) is 5.11 Å². The van der Waals surface area contributed by atoms with Crippen molar-refractivity contribution in [3.8, 4) is 22.9 Å². The van der Waals surface area contributed by atoms with Gasteiger partial charge in [0.25, 0.3) is 0 Å². The van der Waals surface area contributed by atoms with E-state index in [1.54, 1.807) is 18.3 Å². The van der Waals surface area contributed by atoms with Gasteiger partial charge >= 0.3 is 0 Å². The third-order valence-corrected chi connectivity index (χ3v) is 4.92. The molecule has 25 heavy (non-hydrogen) atoms. The third kappa shape index (κ3) is 3.68. The Morgan fingerprint density at radius 2 is 2.04 bits per heavy atom. The summed E-state index contributed by atoms with van der Waals surface area (Å²) in [7, 11) is 1.49. The van der Waals surface area contributed by atoms with Crippen LogP contribution in [-0.4, -0.2) is 33.3 Å². The Bertz CT molecular complexity index is 1010. The normalized spacial score (nSPS) is 11.2. The number of phenolic OH excluding ortho intramolecular Hbond substituents is 1. The Labute approximate surface area is 165 Å². The first-order valence-electron chi connectivity index (χ1n) is 7.04. The van der Waals surface area contributed by atoms with Crippen LogP contribution in [-0.2, 0) is 0 Å². The summed E-state index contributed by atoms with van der Waals surface area (Å²) in [6, 6.07) is 11.1. The highest BCUT2D eigenvalue weighted by atomic mass is 79.9. The standard InChI is InChI=1S/C16H12Br2N4O2S/c1-24-13-7-9(6-12(18)14(13)23)8-19-22-15(20-21-16(22)25)10-4-2-3-5-11(10)17/h2-8,23H,1H3,(H,21,25). The molecule has 3 rings (SSSR count). The summed E-state index contributed by atoms with van der Waals surface area (Å²) in [4.78, 5) is 0. The van der Waals surface area contributed by atoms with Crippen LogP contribution in [0.4, 0.5) is 0 Å². The summed E-state index contributed by atoms with van der Waals surface area (Å²) >= 11 is 12.1. The second-order valence-corrected chi connectivity index (χ2v) is 7.04. The molecule has 0 aliphatic rings. The fourth-order valence-electron chi connectivity index (χ4n) is 2.16. The van der Waals surface area contributed by atoms with Crippen molar-refractivity contribution in [1.82, 2.24) is 14.9 Å². The maximum Gasteiger partial charge on any atom is 0.216 e. The summed E-state index contributed by atoms with van der Waals surface area (Å²) in [6.07, 6.45) is 1.61. The Morgan fingerprint density at radius 1 is 1.28 bits per heavy atom. The van der Waals surface area contributed by atoms with Gasteiger partial charge in [-0.25, -0.2) is 5.10 Å². The highest BCUT2D eigenvalue weighted by Gasteiger charge is 2.11. The van der Waals surface area contributed by atoms with Crippen molar-refractivity contribution < 1.29 is 9.84 Å². The van der Waals surface area contributed by atoms with Crippen LogP contribution in [0.15, 0.2) is 50.4 Å². The zero-order valence-corrected chi connectivity index (χ0v) is 16.9. The van der Waals surface area contributed by atoms with E-state index in [0.717, 1.165) is 15.6 Å². The zero-order chi connectivity index (χ0) is 18.0. The molecule has 0 unspecified atom stereocenters. The maximum absolute atomic E-state index is 9.88. The van der Waals surface area contributed by atoms with E-state index in [1.807, 2.05) is 24.3 Å². The van der Waals surface area contributed by atoms with Crippen molar-refractivity contribution >= 4 is 50.3 Å². The van der Waals surface area contributed by atoms with Crippen LogP contribution >= 0.6 is 44.1 Å². The van der Waals surface area contributed by atoms with Gasteiger partial charge in [0, 0.05) is 10.0 Å². The number of aromatic nitrogens is 3. The highest BCUT2D eigenvalue weighted by molar-refractivity contribution is 9.11. The van der Waals surface area contributed by atoms with Crippen LogP contribution in [0.3, 0.4) is 0 Å². The van der Waals surface area contributed by atoms with Crippen molar-refractivity contribution in [2.45, 2.75) is 0 Å². The van der Waals surface area contributed by atoms with Gasteiger partial charge in [-0.05, 0) is 58.0 Å². The molecule has 128 valence electrons. The first-order valence-corrected chi connectivity index (χ1v) is 9.04.